The molecule has 2 heterocycles. The van der Waals surface area contributed by atoms with Gasteiger partial charge in [-0.25, -0.2) is 4.79 Å². The molecule has 1 aromatic heterocycles. The van der Waals surface area contributed by atoms with Gasteiger partial charge < -0.3 is 20.1 Å². The van der Waals surface area contributed by atoms with Gasteiger partial charge in [0.1, 0.15) is 6.23 Å². The number of aromatic amines is 1. The third-order valence-corrected chi connectivity index (χ3v) is 3.59. The number of nitrogens with zero attached hydrogens (tertiary/aromatic N) is 1. The Morgan fingerprint density at radius 1 is 1.08 bits per heavy atom. The molecule has 0 aliphatic carbocycles. The summed E-state index contributed by atoms with van der Waals surface area (Å²) in [6.45, 7) is 8.14. The van der Waals surface area contributed by atoms with E-state index < -0.39 is 42.4 Å². The van der Waals surface area contributed by atoms with E-state index in [2.05, 4.69) is 27.7 Å². The van der Waals surface area contributed by atoms with Crippen LogP contribution in [0.2, 0.25) is 0 Å². The predicted molar refractivity (Wildman–Crippen MR) is 96.8 cm³/mol. The van der Waals surface area contributed by atoms with Crippen LogP contribution in [-0.4, -0.2) is 63.5 Å². The van der Waals surface area contributed by atoms with Gasteiger partial charge in [-0.1, -0.05) is 59.5 Å². The second-order valence-electron chi connectivity index (χ2n) is 5.69. The molecule has 1 aliphatic rings. The number of unbranched alkanes of at least 4 members (excludes halogenated alkanes) is 2. The third kappa shape index (κ3) is 8.81. The summed E-state index contributed by atoms with van der Waals surface area (Å²) in [6.07, 6.45) is 0.559. The standard InChI is InChI=1S/C9H10N2O6.2C4H10.Sn/c12-3-4-6(14)7(15)8(17-4)11-2-1-5(13)10-9(11)16;2*1-3-4-2;/h1-2,4,6-8,12H,3H2,(H,10,13,16);2*3-4H2,1-2H3;/q-2;;;+2. The largest absolute Gasteiger partial charge is 2.00 e. The van der Waals surface area contributed by atoms with Gasteiger partial charge in [-0.05, 0) is 0 Å². The summed E-state index contributed by atoms with van der Waals surface area (Å²) >= 11 is 0. The van der Waals surface area contributed by atoms with Crippen LogP contribution in [0.1, 0.15) is 59.6 Å². The molecular weight excluding hydrogens is 447 g/mol. The summed E-state index contributed by atoms with van der Waals surface area (Å²) in [5, 5.41) is 31.8. The van der Waals surface area contributed by atoms with Gasteiger partial charge in [-0.2, -0.15) is 0 Å². The Balaban J connectivity index is 0. The van der Waals surface area contributed by atoms with Crippen molar-refractivity contribution in [3.05, 3.63) is 33.1 Å². The number of hydrogen-bond donors (Lipinski definition) is 2. The maximum Gasteiger partial charge on any atom is 2.00 e. The summed E-state index contributed by atoms with van der Waals surface area (Å²) < 4.78 is 5.85. The van der Waals surface area contributed by atoms with Gasteiger partial charge >= 0.3 is 29.6 Å². The Labute approximate surface area is 171 Å². The van der Waals surface area contributed by atoms with Crippen LogP contribution in [0.5, 0.6) is 0 Å². The topological polar surface area (TPSA) is 130 Å². The van der Waals surface area contributed by atoms with E-state index in [1.54, 1.807) is 0 Å². The quantitative estimate of drug-likeness (QED) is 0.542. The van der Waals surface area contributed by atoms with Crippen molar-refractivity contribution in [3.8, 4) is 0 Å². The average molecular weight is 477 g/mol. The van der Waals surface area contributed by atoms with E-state index in [1.165, 1.54) is 25.7 Å². The molecule has 8 nitrogen and oxygen atoms in total. The number of aliphatic hydroxyl groups excluding tert-OH is 1. The van der Waals surface area contributed by atoms with E-state index in [9.17, 15) is 19.8 Å². The van der Waals surface area contributed by atoms with Gasteiger partial charge in [-0.15, -0.1) is 6.10 Å². The first-order valence-electron chi connectivity index (χ1n) is 8.77. The van der Waals surface area contributed by atoms with Crippen molar-refractivity contribution in [2.24, 2.45) is 0 Å². The smallest absolute Gasteiger partial charge is 0.851 e. The number of aliphatic hydroxyl groups is 1. The molecule has 2 N–H and O–H groups in total. The van der Waals surface area contributed by atoms with Crippen molar-refractivity contribution in [1.82, 2.24) is 9.55 Å². The molecule has 0 amide bonds. The van der Waals surface area contributed by atoms with E-state index in [0.717, 1.165) is 16.8 Å². The molecule has 1 aliphatic heterocycles. The SMILES string of the molecule is CCCC.CCCC.O=c1ccn(C2OC(CO)C([O-])C2[O-])c(=O)[nH]1.[Sn+2]. The molecule has 0 saturated carbocycles. The zero-order valence-electron chi connectivity index (χ0n) is 15.9. The predicted octanol–water partition coefficient (Wildman–Crippen LogP) is -0.884. The van der Waals surface area contributed by atoms with Gasteiger partial charge in [0.05, 0.1) is 12.7 Å². The van der Waals surface area contributed by atoms with Crippen LogP contribution in [0.25, 0.3) is 0 Å². The second-order valence-corrected chi connectivity index (χ2v) is 5.69. The molecule has 0 aromatic carbocycles. The molecule has 9 heteroatoms. The molecule has 4 atom stereocenters. The molecule has 0 spiro atoms. The summed E-state index contributed by atoms with van der Waals surface area (Å²) in [6, 6.07) is 1.05. The Bertz CT molecular complexity index is 569. The number of rotatable bonds is 4. The minimum atomic E-state index is -1.71. The monoisotopic (exact) mass is 478 g/mol. The summed E-state index contributed by atoms with van der Waals surface area (Å²) in [5.74, 6) is 0. The van der Waals surface area contributed by atoms with Gasteiger partial charge in [0, 0.05) is 12.3 Å². The first-order valence-corrected chi connectivity index (χ1v) is 8.77. The Hall–Kier alpha value is -0.681. The molecule has 148 valence electrons. The number of H-pyrrole nitrogens is 1. The van der Waals surface area contributed by atoms with E-state index in [4.69, 9.17) is 9.84 Å². The summed E-state index contributed by atoms with van der Waals surface area (Å²) in [7, 11) is 0. The normalized spacial score (nSPS) is 23.8. The Kier molecular flexibility index (Phi) is 16.3. The Morgan fingerprint density at radius 3 is 1.92 bits per heavy atom. The van der Waals surface area contributed by atoms with Crippen molar-refractivity contribution in [2.45, 2.75) is 77.9 Å². The maximum absolute atomic E-state index is 11.6. The van der Waals surface area contributed by atoms with Crippen molar-refractivity contribution >= 4 is 23.9 Å². The second kappa shape index (κ2) is 15.4. The fourth-order valence-corrected chi connectivity index (χ4v) is 1.71. The molecule has 1 saturated heterocycles. The minimum Gasteiger partial charge on any atom is -0.851 e. The molecule has 0 bridgehead atoms. The van der Waals surface area contributed by atoms with E-state index in [-0.39, 0.29) is 23.9 Å². The zero-order chi connectivity index (χ0) is 19.4. The molecule has 26 heavy (non-hydrogen) atoms. The van der Waals surface area contributed by atoms with Crippen LogP contribution in [0.4, 0.5) is 0 Å². The van der Waals surface area contributed by atoms with Gasteiger partial charge in [-0.3, -0.25) is 14.3 Å². The Morgan fingerprint density at radius 2 is 1.58 bits per heavy atom. The van der Waals surface area contributed by atoms with Gasteiger partial charge in [0.25, 0.3) is 5.56 Å². The molecule has 2 rings (SSSR count). The molecular formula is C17H30N2O6Sn. The fraction of sp³-hybridized carbons (Fsp3) is 0.765. The first kappa shape index (κ1) is 27.5. The number of aromatic nitrogens is 2. The van der Waals surface area contributed by atoms with Crippen molar-refractivity contribution in [3.63, 3.8) is 0 Å². The van der Waals surface area contributed by atoms with Crippen molar-refractivity contribution in [1.29, 1.82) is 0 Å². The van der Waals surface area contributed by atoms with E-state index >= 15 is 0 Å². The third-order valence-electron chi connectivity index (χ3n) is 3.59. The number of ether oxygens (including phenoxy) is 1. The van der Waals surface area contributed by atoms with Crippen LogP contribution in [-0.2, 0) is 4.74 Å². The summed E-state index contributed by atoms with van der Waals surface area (Å²) in [4.78, 5) is 24.2. The van der Waals surface area contributed by atoms with Gasteiger partial charge in [0.15, 0.2) is 0 Å². The van der Waals surface area contributed by atoms with E-state index in [1.807, 2.05) is 4.98 Å². The van der Waals surface area contributed by atoms with Gasteiger partial charge in [0.2, 0.25) is 0 Å². The zero-order valence-corrected chi connectivity index (χ0v) is 18.8. The van der Waals surface area contributed by atoms with Crippen molar-refractivity contribution in [2.75, 3.05) is 6.61 Å². The molecule has 2 radical (unpaired) electrons. The van der Waals surface area contributed by atoms with Crippen LogP contribution < -0.4 is 21.5 Å². The number of nitrogens with one attached hydrogen (secondary N) is 1. The minimum absolute atomic E-state index is 0. The van der Waals surface area contributed by atoms with Crippen molar-refractivity contribution < 1.29 is 20.1 Å². The van der Waals surface area contributed by atoms with Crippen LogP contribution in [0, 0.1) is 0 Å². The summed E-state index contributed by atoms with van der Waals surface area (Å²) in [5.41, 5.74) is -1.43. The average Bonchev–Trinajstić information content (AvgIpc) is 2.90. The van der Waals surface area contributed by atoms with Crippen LogP contribution in [0.15, 0.2) is 21.9 Å². The molecule has 4 unspecified atom stereocenters. The molecule has 1 fully saturated rings. The van der Waals surface area contributed by atoms with E-state index in [0.29, 0.717) is 0 Å². The fourth-order valence-electron chi connectivity index (χ4n) is 1.71. The van der Waals surface area contributed by atoms with Crippen LogP contribution >= 0.6 is 0 Å². The number of hydrogen-bond acceptors (Lipinski definition) is 6. The van der Waals surface area contributed by atoms with Crippen LogP contribution in [0.3, 0.4) is 0 Å². The first-order chi connectivity index (χ1) is 11.9. The maximum atomic E-state index is 11.6. The molecule has 1 aromatic rings.